The van der Waals surface area contributed by atoms with Gasteiger partial charge in [-0.15, -0.1) is 0 Å². The lowest BCUT2D eigenvalue weighted by Crippen LogP contribution is -2.58. The molecule has 0 saturated carbocycles. The predicted molar refractivity (Wildman–Crippen MR) is 187 cm³/mol. The number of nitrogens with one attached hydrogen (secondary N) is 6. The Morgan fingerprint density at radius 1 is 0.725 bits per heavy atom. The summed E-state index contributed by atoms with van der Waals surface area (Å²) in [5, 5.41) is 41.6. The average molecular weight is 767 g/mol. The Balaban J connectivity index is 5.56. The summed E-state index contributed by atoms with van der Waals surface area (Å²) in [6.45, 7) is 4.68. The van der Waals surface area contributed by atoms with Crippen molar-refractivity contribution in [1.29, 1.82) is 0 Å². The molecule has 0 spiro atoms. The van der Waals surface area contributed by atoms with Crippen LogP contribution in [0.2, 0.25) is 0 Å². The molecule has 0 aromatic carbocycles. The molecule has 0 radical (unpaired) electrons. The van der Waals surface area contributed by atoms with Gasteiger partial charge in [0, 0.05) is 12.2 Å². The molecule has 0 fully saturated rings. The fourth-order valence-corrected chi connectivity index (χ4v) is 4.89. The predicted octanol–water partition coefficient (Wildman–Crippen LogP) is -0.910. The van der Waals surface area contributed by atoms with E-state index in [4.69, 9.17) is 9.84 Å². The number of thioether (sulfide) groups is 1. The fraction of sp³-hybridized carbons (Fsp3) is 0.700. The molecule has 0 bridgehead atoms. The van der Waals surface area contributed by atoms with Gasteiger partial charge in [-0.2, -0.15) is 24.4 Å². The summed E-state index contributed by atoms with van der Waals surface area (Å²) < 4.78 is 5.02. The number of carboxylic acid groups (broad SMARTS) is 3. The Morgan fingerprint density at radius 3 is 1.80 bits per heavy atom. The maximum atomic E-state index is 13.0. The van der Waals surface area contributed by atoms with E-state index in [9.17, 15) is 53.4 Å². The number of ether oxygens (including phenoxy) is 1. The van der Waals surface area contributed by atoms with Crippen LogP contribution in [0.5, 0.6) is 0 Å². The highest BCUT2D eigenvalue weighted by molar-refractivity contribution is 7.98. The number of carboxylic acids is 3. The number of thiol groups is 1. The Kier molecular flexibility index (Phi) is 23.5. The molecule has 9 N–H and O–H groups in total. The third kappa shape index (κ3) is 20.9. The first-order valence-electron chi connectivity index (χ1n) is 16.1. The Labute approximate surface area is 305 Å². The van der Waals surface area contributed by atoms with E-state index in [1.54, 1.807) is 20.1 Å². The minimum atomic E-state index is -1.67. The molecule has 290 valence electrons. The summed E-state index contributed by atoms with van der Waals surface area (Å²) in [5.41, 5.74) is 0. The van der Waals surface area contributed by atoms with Crippen molar-refractivity contribution in [2.24, 2.45) is 5.92 Å². The number of carbonyl (C=O) groups is 9. The van der Waals surface area contributed by atoms with E-state index in [0.29, 0.717) is 12.2 Å². The Morgan fingerprint density at radius 2 is 1.29 bits per heavy atom. The van der Waals surface area contributed by atoms with E-state index in [1.807, 2.05) is 6.92 Å². The van der Waals surface area contributed by atoms with Crippen LogP contribution in [-0.4, -0.2) is 130 Å². The molecule has 0 unspecified atom stereocenters. The van der Waals surface area contributed by atoms with Gasteiger partial charge >= 0.3 is 24.0 Å². The summed E-state index contributed by atoms with van der Waals surface area (Å²) in [5.74, 6) is -8.92. The number of carbonyl (C=O) groups excluding carboxylic acids is 6. The summed E-state index contributed by atoms with van der Waals surface area (Å²) >= 11 is 5.40. The number of hydrogen-bond donors (Lipinski definition) is 10. The smallest absolute Gasteiger partial charge is 0.407 e. The molecule has 0 aliphatic heterocycles. The van der Waals surface area contributed by atoms with Crippen LogP contribution in [-0.2, 0) is 43.1 Å². The van der Waals surface area contributed by atoms with Crippen molar-refractivity contribution in [3.8, 4) is 0 Å². The van der Waals surface area contributed by atoms with Gasteiger partial charge < -0.3 is 52.0 Å². The molecule has 0 aromatic rings. The van der Waals surface area contributed by atoms with E-state index in [-0.39, 0.29) is 31.1 Å². The van der Waals surface area contributed by atoms with Gasteiger partial charge in [0.1, 0.15) is 30.2 Å². The molecule has 19 nitrogen and oxygen atoms in total. The summed E-state index contributed by atoms with van der Waals surface area (Å²) in [6, 6.07) is -7.06. The third-order valence-electron chi connectivity index (χ3n) is 6.82. The van der Waals surface area contributed by atoms with Gasteiger partial charge in [-0.3, -0.25) is 33.6 Å². The van der Waals surface area contributed by atoms with Crippen LogP contribution in [0.15, 0.2) is 0 Å². The van der Waals surface area contributed by atoms with Crippen LogP contribution in [0.25, 0.3) is 0 Å². The fourth-order valence-electron chi connectivity index (χ4n) is 4.16. The highest BCUT2D eigenvalue weighted by Crippen LogP contribution is 2.08. The minimum Gasteiger partial charge on any atom is -0.481 e. The summed E-state index contributed by atoms with van der Waals surface area (Å²) in [6.07, 6.45) is 0.600. The second-order valence-corrected chi connectivity index (χ2v) is 13.0. The third-order valence-corrected chi connectivity index (χ3v) is 7.83. The van der Waals surface area contributed by atoms with Gasteiger partial charge in [-0.25, -0.2) is 9.59 Å². The van der Waals surface area contributed by atoms with Gasteiger partial charge in [0.15, 0.2) is 0 Å². The average Bonchev–Trinajstić information content (AvgIpc) is 3.04. The number of unbranched alkanes of at least 4 members (excludes halogenated alkanes) is 1. The maximum Gasteiger partial charge on any atom is 0.407 e. The molecule has 51 heavy (non-hydrogen) atoms. The first-order chi connectivity index (χ1) is 23.9. The van der Waals surface area contributed by atoms with Crippen LogP contribution in [0.3, 0.4) is 0 Å². The van der Waals surface area contributed by atoms with Crippen molar-refractivity contribution in [3.63, 3.8) is 0 Å². The molecule has 21 heteroatoms. The number of alkyl carbamates (subject to hydrolysis) is 1. The highest BCUT2D eigenvalue weighted by Gasteiger charge is 2.31. The maximum absolute atomic E-state index is 13.0. The van der Waals surface area contributed by atoms with E-state index in [2.05, 4.69) is 44.5 Å². The lowest BCUT2D eigenvalue weighted by Gasteiger charge is -2.24. The van der Waals surface area contributed by atoms with Crippen molar-refractivity contribution < 1.29 is 63.2 Å². The largest absolute Gasteiger partial charge is 0.481 e. The second-order valence-electron chi connectivity index (χ2n) is 11.7. The lowest BCUT2D eigenvalue weighted by atomic mass is 10.0. The van der Waals surface area contributed by atoms with Crippen LogP contribution in [0, 0.1) is 5.92 Å². The lowest BCUT2D eigenvalue weighted by molar-refractivity contribution is -0.143. The topological polar surface area (TPSA) is 296 Å². The minimum absolute atomic E-state index is 0.0575. The zero-order valence-corrected chi connectivity index (χ0v) is 30.7. The SMILES string of the molecule is CCCCOC(=O)N[C@@H](CCSC)C(=O)N[C@@H](CC(=O)O)C(=O)NCC(=O)N[C@@H](CS)C(=O)N[C@@H](CCC(=O)O)C(=O)N[C@@H](CC(C)C)C(=O)O. The number of amides is 6. The van der Waals surface area contributed by atoms with Crippen LogP contribution < -0.4 is 31.9 Å². The standard InChI is InChI=1S/C30H50N6O13S2/c1-5-6-10-49-30(48)36-18(9-11-51-4)27(44)34-19(13-24(40)41)25(42)31-14-22(37)32-21(15-50)28(45)33-17(7-8-23(38)39)26(43)35-20(29(46)47)12-16(2)3/h16-21,50H,5-15H2,1-4H3,(H,31,42)(H,32,37)(H,33,45)(H,34,44)(H,35,43)(H,36,48)(H,38,39)(H,40,41)(H,46,47)/t17-,18-,19-,20-,21-/m0/s1. The zero-order chi connectivity index (χ0) is 39.1. The first kappa shape index (κ1) is 46.7. The van der Waals surface area contributed by atoms with Crippen molar-refractivity contribution in [2.75, 3.05) is 30.9 Å². The summed E-state index contributed by atoms with van der Waals surface area (Å²) in [4.78, 5) is 111. The van der Waals surface area contributed by atoms with E-state index in [0.717, 1.165) is 6.42 Å². The van der Waals surface area contributed by atoms with Gasteiger partial charge in [-0.1, -0.05) is 27.2 Å². The zero-order valence-electron chi connectivity index (χ0n) is 29.0. The van der Waals surface area contributed by atoms with E-state index in [1.165, 1.54) is 11.8 Å². The molecular formula is C30H50N6O13S2. The molecule has 0 rings (SSSR count). The van der Waals surface area contributed by atoms with Gasteiger partial charge in [0.25, 0.3) is 0 Å². The number of hydrogen-bond acceptors (Lipinski definition) is 12. The Hall–Kier alpha value is -4.27. The molecule has 0 aliphatic carbocycles. The molecule has 0 saturated heterocycles. The van der Waals surface area contributed by atoms with Crippen molar-refractivity contribution in [3.05, 3.63) is 0 Å². The van der Waals surface area contributed by atoms with E-state index < -0.39 is 110 Å². The van der Waals surface area contributed by atoms with Gasteiger partial charge in [0.2, 0.25) is 29.5 Å². The van der Waals surface area contributed by atoms with Crippen molar-refractivity contribution in [1.82, 2.24) is 31.9 Å². The number of aliphatic carboxylic acids is 3. The van der Waals surface area contributed by atoms with Gasteiger partial charge in [-0.05, 0) is 43.6 Å². The molecule has 5 atom stereocenters. The first-order valence-corrected chi connectivity index (χ1v) is 18.2. The van der Waals surface area contributed by atoms with Crippen LogP contribution in [0.4, 0.5) is 4.79 Å². The Bertz CT molecular complexity index is 1220. The van der Waals surface area contributed by atoms with Crippen LogP contribution >= 0.6 is 24.4 Å². The van der Waals surface area contributed by atoms with Crippen molar-refractivity contribution in [2.45, 2.75) is 95.9 Å². The van der Waals surface area contributed by atoms with Crippen molar-refractivity contribution >= 4 is 77.9 Å². The summed E-state index contributed by atoms with van der Waals surface area (Å²) in [7, 11) is 0. The normalized spacial score (nSPS) is 13.7. The van der Waals surface area contributed by atoms with Gasteiger partial charge in [0.05, 0.1) is 19.6 Å². The molecular weight excluding hydrogens is 716 g/mol. The quantitative estimate of drug-likeness (QED) is 0.0377. The van der Waals surface area contributed by atoms with Crippen LogP contribution in [0.1, 0.15) is 65.7 Å². The number of rotatable bonds is 26. The second kappa shape index (κ2) is 25.6. The highest BCUT2D eigenvalue weighted by atomic mass is 32.2. The molecule has 0 aromatic heterocycles. The molecule has 0 aliphatic rings. The van der Waals surface area contributed by atoms with E-state index >= 15 is 0 Å². The molecule has 6 amide bonds. The molecule has 0 heterocycles. The monoisotopic (exact) mass is 766 g/mol.